The van der Waals surface area contributed by atoms with Crippen LogP contribution >= 0.6 is 0 Å². The maximum atomic E-state index is 5.17. The fraction of sp³-hybridized carbons (Fsp3) is 0.0417. The number of fused-ring (bicyclic) bond motifs is 8. The Morgan fingerprint density at radius 2 is 1.33 bits per heavy atom. The number of anilines is 1. The summed E-state index contributed by atoms with van der Waals surface area (Å²) < 4.78 is 0. The van der Waals surface area contributed by atoms with Crippen molar-refractivity contribution in [2.45, 2.75) is 6.04 Å². The fourth-order valence-corrected chi connectivity index (χ4v) is 7.93. The summed E-state index contributed by atoms with van der Waals surface area (Å²) in [5.41, 5.74) is 15.4. The normalized spacial score (nSPS) is 16.0. The number of benzene rings is 4. The molecule has 0 amide bonds. The van der Waals surface area contributed by atoms with Gasteiger partial charge in [-0.05, 0) is 64.7 Å². The minimum atomic E-state index is 0.0356. The van der Waals surface area contributed by atoms with Crippen LogP contribution in [-0.4, -0.2) is 32.5 Å². The molecule has 254 valence electrons. The van der Waals surface area contributed by atoms with Gasteiger partial charge in [-0.25, -0.2) is 15.0 Å². The molecule has 6 heteroatoms. The van der Waals surface area contributed by atoms with Crippen molar-refractivity contribution in [3.8, 4) is 22.6 Å². The monoisotopic (exact) mass is 692 g/mol. The van der Waals surface area contributed by atoms with Gasteiger partial charge in [0.05, 0.1) is 50.9 Å². The summed E-state index contributed by atoms with van der Waals surface area (Å²) in [7, 11) is 0. The molecule has 11 rings (SSSR count). The van der Waals surface area contributed by atoms with E-state index in [1.54, 1.807) is 0 Å². The van der Waals surface area contributed by atoms with E-state index in [1.807, 2.05) is 30.5 Å². The molecule has 0 bridgehead atoms. The standard InChI is InChI=1S/C48H32N6/c1-2-6-29(7-3-1)39-21-18-32-12-13-33-19-23-42(54-47(33)46(32)53-39)41-22-17-31-11-15-35(28-44(31)52-41)40-20-16-30-10-14-34(27-43(30)51-40)38-26-36-8-4-24-49-45(36)48-37(38)9-5-25-50-48/h1-24,26-28,43,50-51H,25H2. The lowest BCUT2D eigenvalue weighted by Crippen LogP contribution is -2.31. The molecule has 1 atom stereocenters. The smallest absolute Gasteiger partial charge is 0.0973 e. The fourth-order valence-electron chi connectivity index (χ4n) is 7.93. The van der Waals surface area contributed by atoms with Crippen LogP contribution in [0, 0.1) is 0 Å². The van der Waals surface area contributed by atoms with E-state index in [4.69, 9.17) is 19.9 Å². The molecule has 8 aromatic rings. The van der Waals surface area contributed by atoms with Gasteiger partial charge >= 0.3 is 0 Å². The van der Waals surface area contributed by atoms with E-state index in [0.29, 0.717) is 0 Å². The molecule has 54 heavy (non-hydrogen) atoms. The van der Waals surface area contributed by atoms with E-state index < -0.39 is 0 Å². The number of rotatable bonds is 4. The second kappa shape index (κ2) is 12.2. The van der Waals surface area contributed by atoms with E-state index in [-0.39, 0.29) is 6.04 Å². The molecule has 6 heterocycles. The number of pyridine rings is 4. The Balaban J connectivity index is 0.928. The SMILES string of the molecule is C1=Cc2c(C3=CC4NC(c5ccc6ccc(-c7ccc8ccc9ccc(-c%10ccccc%10)nc9c8n7)nc6c5)=CC=C4C=C3)cc3cccnc3c2NC1. The highest BCUT2D eigenvalue weighted by atomic mass is 14.9. The maximum Gasteiger partial charge on any atom is 0.0973 e. The summed E-state index contributed by atoms with van der Waals surface area (Å²) >= 11 is 0. The summed E-state index contributed by atoms with van der Waals surface area (Å²) in [6.07, 6.45) is 17.4. The summed E-state index contributed by atoms with van der Waals surface area (Å²) in [6.45, 7) is 0.799. The zero-order valence-electron chi connectivity index (χ0n) is 29.2. The van der Waals surface area contributed by atoms with Crippen molar-refractivity contribution >= 4 is 66.6 Å². The number of hydrogen-bond donors (Lipinski definition) is 2. The third-order valence-electron chi connectivity index (χ3n) is 10.7. The largest absolute Gasteiger partial charge is 0.379 e. The molecule has 0 radical (unpaired) electrons. The Bertz CT molecular complexity index is 3020. The number of nitrogens with zero attached hydrogens (tertiary/aromatic N) is 4. The Kier molecular flexibility index (Phi) is 6.89. The first-order chi connectivity index (χ1) is 26.7. The quantitative estimate of drug-likeness (QED) is 0.179. The van der Waals surface area contributed by atoms with Gasteiger partial charge < -0.3 is 10.6 Å². The molecule has 2 aliphatic heterocycles. The average Bonchev–Trinajstić information content (AvgIpc) is 3.25. The molecule has 6 nitrogen and oxygen atoms in total. The maximum absolute atomic E-state index is 5.17. The molecule has 2 N–H and O–H groups in total. The van der Waals surface area contributed by atoms with Crippen molar-refractivity contribution in [3.05, 3.63) is 180 Å². The Morgan fingerprint density at radius 1 is 0.574 bits per heavy atom. The number of nitrogens with one attached hydrogen (secondary N) is 2. The van der Waals surface area contributed by atoms with Crippen LogP contribution in [0.3, 0.4) is 0 Å². The van der Waals surface area contributed by atoms with Crippen LogP contribution < -0.4 is 10.6 Å². The van der Waals surface area contributed by atoms with Gasteiger partial charge in [-0.15, -0.1) is 0 Å². The highest BCUT2D eigenvalue weighted by Gasteiger charge is 2.23. The minimum absolute atomic E-state index is 0.0356. The molecule has 1 unspecified atom stereocenters. The summed E-state index contributed by atoms with van der Waals surface area (Å²) in [4.78, 5) is 20.1. The third kappa shape index (κ3) is 5.11. The zero-order chi connectivity index (χ0) is 35.6. The predicted octanol–water partition coefficient (Wildman–Crippen LogP) is 10.5. The van der Waals surface area contributed by atoms with Crippen LogP contribution in [0.25, 0.3) is 83.6 Å². The van der Waals surface area contributed by atoms with E-state index in [0.717, 1.165) is 89.7 Å². The van der Waals surface area contributed by atoms with Crippen LogP contribution in [0.4, 0.5) is 5.69 Å². The Labute approximate surface area is 311 Å². The highest BCUT2D eigenvalue weighted by Crippen LogP contribution is 2.38. The van der Waals surface area contributed by atoms with Gasteiger partial charge in [0, 0.05) is 51.1 Å². The van der Waals surface area contributed by atoms with Crippen LogP contribution in [0.5, 0.6) is 0 Å². The van der Waals surface area contributed by atoms with E-state index in [9.17, 15) is 0 Å². The molecule has 3 aliphatic rings. The molecule has 0 fully saturated rings. The van der Waals surface area contributed by atoms with E-state index in [1.165, 1.54) is 22.3 Å². The van der Waals surface area contributed by atoms with Crippen molar-refractivity contribution < 1.29 is 0 Å². The number of allylic oxidation sites excluding steroid dienone is 4. The van der Waals surface area contributed by atoms with Gasteiger partial charge in [-0.2, -0.15) is 0 Å². The van der Waals surface area contributed by atoms with Gasteiger partial charge in [-0.1, -0.05) is 115 Å². The predicted molar refractivity (Wildman–Crippen MR) is 223 cm³/mol. The van der Waals surface area contributed by atoms with Gasteiger partial charge in [0.15, 0.2) is 0 Å². The second-order valence-corrected chi connectivity index (χ2v) is 14.0. The van der Waals surface area contributed by atoms with Crippen molar-refractivity contribution in [1.29, 1.82) is 0 Å². The third-order valence-corrected chi connectivity index (χ3v) is 10.7. The Hall–Kier alpha value is -7.18. The van der Waals surface area contributed by atoms with Gasteiger partial charge in [-0.3, -0.25) is 4.98 Å². The average molecular weight is 693 g/mol. The summed E-state index contributed by atoms with van der Waals surface area (Å²) in [6, 6.07) is 40.0. The molecule has 0 saturated carbocycles. The molecule has 0 spiro atoms. The van der Waals surface area contributed by atoms with Crippen LogP contribution in [-0.2, 0) is 0 Å². The molecule has 0 saturated heterocycles. The lowest BCUT2D eigenvalue weighted by molar-refractivity contribution is 0.815. The van der Waals surface area contributed by atoms with Gasteiger partial charge in [0.25, 0.3) is 0 Å². The van der Waals surface area contributed by atoms with Crippen molar-refractivity contribution in [2.24, 2.45) is 0 Å². The molecular weight excluding hydrogens is 661 g/mol. The minimum Gasteiger partial charge on any atom is -0.379 e. The first kappa shape index (κ1) is 30.4. The number of hydrogen-bond acceptors (Lipinski definition) is 6. The highest BCUT2D eigenvalue weighted by molar-refractivity contribution is 6.04. The van der Waals surface area contributed by atoms with Crippen LogP contribution in [0.2, 0.25) is 0 Å². The Morgan fingerprint density at radius 3 is 2.20 bits per heavy atom. The number of dihydropyridines is 1. The van der Waals surface area contributed by atoms with Crippen molar-refractivity contribution in [1.82, 2.24) is 25.3 Å². The zero-order valence-corrected chi connectivity index (χ0v) is 29.2. The van der Waals surface area contributed by atoms with Crippen LogP contribution in [0.15, 0.2) is 163 Å². The first-order valence-electron chi connectivity index (χ1n) is 18.3. The molecule has 1 aliphatic carbocycles. The molecular formula is C48H32N6. The topological polar surface area (TPSA) is 75.6 Å². The molecule has 4 aromatic heterocycles. The van der Waals surface area contributed by atoms with E-state index in [2.05, 4.69) is 144 Å². The molecule has 4 aromatic carbocycles. The number of aromatic nitrogens is 4. The lowest BCUT2D eigenvalue weighted by atomic mass is 9.87. The van der Waals surface area contributed by atoms with Gasteiger partial charge in [0.2, 0.25) is 0 Å². The van der Waals surface area contributed by atoms with Gasteiger partial charge in [0.1, 0.15) is 0 Å². The lowest BCUT2D eigenvalue weighted by Gasteiger charge is -2.28. The van der Waals surface area contributed by atoms with Crippen LogP contribution in [0.1, 0.15) is 16.7 Å². The second-order valence-electron chi connectivity index (χ2n) is 14.0. The first-order valence-corrected chi connectivity index (χ1v) is 18.3. The van der Waals surface area contributed by atoms with Crippen molar-refractivity contribution in [2.75, 3.05) is 11.9 Å². The van der Waals surface area contributed by atoms with Crippen molar-refractivity contribution in [3.63, 3.8) is 0 Å². The summed E-state index contributed by atoms with van der Waals surface area (Å²) in [5, 5.41) is 11.7. The summed E-state index contributed by atoms with van der Waals surface area (Å²) in [5.74, 6) is 0. The van der Waals surface area contributed by atoms with E-state index >= 15 is 0 Å².